The highest BCUT2D eigenvalue weighted by molar-refractivity contribution is 6.14. The van der Waals surface area contributed by atoms with Gasteiger partial charge in [-0.25, -0.2) is 9.18 Å². The molecule has 1 aliphatic heterocycles. The van der Waals surface area contributed by atoms with Crippen molar-refractivity contribution in [2.45, 2.75) is 6.54 Å². The molecule has 7 nitrogen and oxygen atoms in total. The summed E-state index contributed by atoms with van der Waals surface area (Å²) in [6, 6.07) is 20.9. The molecule has 0 radical (unpaired) electrons. The van der Waals surface area contributed by atoms with Crippen molar-refractivity contribution in [3.8, 4) is 5.75 Å². The number of halogens is 1. The van der Waals surface area contributed by atoms with Gasteiger partial charge in [-0.2, -0.15) is 0 Å². The van der Waals surface area contributed by atoms with Gasteiger partial charge in [0.25, 0.3) is 11.8 Å². The van der Waals surface area contributed by atoms with Crippen LogP contribution in [0.15, 0.2) is 84.6 Å². The summed E-state index contributed by atoms with van der Waals surface area (Å²) in [5.41, 5.74) is 1.88. The van der Waals surface area contributed by atoms with Crippen LogP contribution in [-0.4, -0.2) is 29.4 Å². The number of carbonyl (C=O) groups is 3. The molecule has 3 aromatic carbocycles. The Morgan fingerprint density at radius 2 is 1.67 bits per heavy atom. The molecule has 4 rings (SSSR count). The Labute approximate surface area is 189 Å². The van der Waals surface area contributed by atoms with E-state index >= 15 is 0 Å². The van der Waals surface area contributed by atoms with E-state index in [0.29, 0.717) is 22.6 Å². The van der Waals surface area contributed by atoms with E-state index in [1.165, 1.54) is 30.3 Å². The smallest absolute Gasteiger partial charge is 0.329 e. The van der Waals surface area contributed by atoms with Crippen LogP contribution in [0, 0.1) is 5.82 Å². The number of ether oxygens (including phenoxy) is 1. The second kappa shape index (κ2) is 9.78. The zero-order valence-electron chi connectivity index (χ0n) is 17.5. The molecule has 8 heteroatoms. The molecule has 0 bridgehead atoms. The van der Waals surface area contributed by atoms with Crippen LogP contribution in [0.4, 0.5) is 14.9 Å². The zero-order chi connectivity index (χ0) is 23.2. The zero-order valence-corrected chi connectivity index (χ0v) is 17.5. The highest BCUT2D eigenvalue weighted by Gasteiger charge is 2.33. The lowest BCUT2D eigenvalue weighted by molar-refractivity contribution is -0.123. The van der Waals surface area contributed by atoms with Crippen molar-refractivity contribution in [2.24, 2.45) is 0 Å². The number of urea groups is 1. The average Bonchev–Trinajstić information content (AvgIpc) is 3.08. The van der Waals surface area contributed by atoms with Crippen LogP contribution < -0.4 is 15.4 Å². The van der Waals surface area contributed by atoms with Gasteiger partial charge in [-0.15, -0.1) is 0 Å². The third-order valence-corrected chi connectivity index (χ3v) is 4.85. The van der Waals surface area contributed by atoms with Crippen LogP contribution in [0.1, 0.15) is 11.1 Å². The van der Waals surface area contributed by atoms with Crippen molar-refractivity contribution in [2.75, 3.05) is 11.9 Å². The predicted octanol–water partition coefficient (Wildman–Crippen LogP) is 3.94. The topological polar surface area (TPSA) is 87.7 Å². The lowest BCUT2D eigenvalue weighted by Crippen LogP contribution is -2.30. The third kappa shape index (κ3) is 5.43. The molecule has 0 unspecified atom stereocenters. The number of carbonyl (C=O) groups excluding carboxylic acids is 3. The number of hydrogen-bond donors (Lipinski definition) is 2. The minimum atomic E-state index is -0.573. The van der Waals surface area contributed by atoms with Crippen LogP contribution >= 0.6 is 0 Å². The number of imide groups is 1. The molecule has 0 aromatic heterocycles. The first-order valence-electron chi connectivity index (χ1n) is 10.2. The summed E-state index contributed by atoms with van der Waals surface area (Å²) in [6.07, 6.45) is 1.50. The normalized spacial score (nSPS) is 14.3. The summed E-state index contributed by atoms with van der Waals surface area (Å²) in [4.78, 5) is 38.3. The average molecular weight is 445 g/mol. The van der Waals surface area contributed by atoms with Crippen molar-refractivity contribution in [3.63, 3.8) is 0 Å². The molecular formula is C25H20FN3O4. The summed E-state index contributed by atoms with van der Waals surface area (Å²) in [5.74, 6) is -0.863. The van der Waals surface area contributed by atoms with Gasteiger partial charge in [-0.1, -0.05) is 48.5 Å². The molecule has 166 valence electrons. The molecule has 2 N–H and O–H groups in total. The first-order valence-corrected chi connectivity index (χ1v) is 10.2. The maximum atomic E-state index is 13.1. The van der Waals surface area contributed by atoms with Gasteiger partial charge in [0.05, 0.1) is 6.54 Å². The van der Waals surface area contributed by atoms with Crippen molar-refractivity contribution in [1.29, 1.82) is 0 Å². The highest BCUT2D eigenvalue weighted by atomic mass is 19.1. The summed E-state index contributed by atoms with van der Waals surface area (Å²) >= 11 is 0. The van der Waals surface area contributed by atoms with E-state index in [0.717, 1.165) is 4.90 Å². The fourth-order valence-corrected chi connectivity index (χ4v) is 3.24. The molecule has 0 saturated carbocycles. The van der Waals surface area contributed by atoms with Gasteiger partial charge in [0.15, 0.2) is 6.61 Å². The molecule has 1 aliphatic rings. The van der Waals surface area contributed by atoms with E-state index in [4.69, 9.17) is 4.74 Å². The molecule has 0 aliphatic carbocycles. The molecule has 4 amide bonds. The van der Waals surface area contributed by atoms with E-state index in [-0.39, 0.29) is 24.8 Å². The molecule has 1 heterocycles. The fraction of sp³-hybridized carbons (Fsp3) is 0.0800. The number of nitrogens with zero attached hydrogens (tertiary/aromatic N) is 1. The minimum Gasteiger partial charge on any atom is -0.483 e. The standard InChI is InChI=1S/C25H20FN3O4/c26-19-12-10-17(11-13-19)15-29-24(31)21(28-25(29)32)14-18-6-4-5-9-22(18)33-16-23(30)27-20-7-2-1-3-8-20/h1-14H,15-16H2,(H,27,30)(H,28,32). The summed E-state index contributed by atoms with van der Waals surface area (Å²) in [5, 5.41) is 5.28. The quantitative estimate of drug-likeness (QED) is 0.426. The molecule has 0 atom stereocenters. The Kier molecular flexibility index (Phi) is 6.45. The number of anilines is 1. The maximum absolute atomic E-state index is 13.1. The molecule has 3 aromatic rings. The van der Waals surface area contributed by atoms with Crippen LogP contribution in [0.3, 0.4) is 0 Å². The second-order valence-electron chi connectivity index (χ2n) is 7.25. The van der Waals surface area contributed by atoms with E-state index in [9.17, 15) is 18.8 Å². The second-order valence-corrected chi connectivity index (χ2v) is 7.25. The van der Waals surface area contributed by atoms with Crippen molar-refractivity contribution >= 4 is 29.6 Å². The largest absolute Gasteiger partial charge is 0.483 e. The SMILES string of the molecule is O=C(COc1ccccc1C=C1NC(=O)N(Cc2ccc(F)cc2)C1=O)Nc1ccccc1. The number of amides is 4. The van der Waals surface area contributed by atoms with E-state index in [1.807, 2.05) is 18.2 Å². The van der Waals surface area contributed by atoms with Gasteiger partial charge in [0.2, 0.25) is 0 Å². The van der Waals surface area contributed by atoms with Gasteiger partial charge in [0.1, 0.15) is 17.3 Å². The first kappa shape index (κ1) is 21.8. The van der Waals surface area contributed by atoms with Crippen molar-refractivity contribution in [3.05, 3.63) is 102 Å². The van der Waals surface area contributed by atoms with E-state index < -0.39 is 17.8 Å². The number of rotatable bonds is 7. The summed E-state index contributed by atoms with van der Waals surface area (Å²) < 4.78 is 18.8. The number of benzene rings is 3. The monoisotopic (exact) mass is 445 g/mol. The number of nitrogens with one attached hydrogen (secondary N) is 2. The molecule has 1 saturated heterocycles. The first-order chi connectivity index (χ1) is 16.0. The number of hydrogen-bond acceptors (Lipinski definition) is 4. The third-order valence-electron chi connectivity index (χ3n) is 4.85. The fourth-order valence-electron chi connectivity index (χ4n) is 3.24. The maximum Gasteiger partial charge on any atom is 0.329 e. The van der Waals surface area contributed by atoms with Gasteiger partial charge in [-0.3, -0.25) is 14.5 Å². The van der Waals surface area contributed by atoms with Crippen molar-refractivity contribution < 1.29 is 23.5 Å². The van der Waals surface area contributed by atoms with Gasteiger partial charge < -0.3 is 15.4 Å². The van der Waals surface area contributed by atoms with Gasteiger partial charge >= 0.3 is 6.03 Å². The van der Waals surface area contributed by atoms with Crippen LogP contribution in [-0.2, 0) is 16.1 Å². The van der Waals surface area contributed by atoms with E-state index in [2.05, 4.69) is 10.6 Å². The molecule has 1 fully saturated rings. The Morgan fingerprint density at radius 3 is 2.42 bits per heavy atom. The van der Waals surface area contributed by atoms with Crippen molar-refractivity contribution in [1.82, 2.24) is 10.2 Å². The lowest BCUT2D eigenvalue weighted by Gasteiger charge is -2.12. The van der Waals surface area contributed by atoms with E-state index in [1.54, 1.807) is 36.4 Å². The summed E-state index contributed by atoms with van der Waals surface area (Å²) in [6.45, 7) is -0.216. The molecule has 33 heavy (non-hydrogen) atoms. The minimum absolute atomic E-state index is 0.0140. The van der Waals surface area contributed by atoms with Crippen LogP contribution in [0.2, 0.25) is 0 Å². The Hall–Kier alpha value is -4.46. The Morgan fingerprint density at radius 1 is 0.970 bits per heavy atom. The van der Waals surface area contributed by atoms with Crippen LogP contribution in [0.5, 0.6) is 5.75 Å². The van der Waals surface area contributed by atoms with Gasteiger partial charge in [0, 0.05) is 11.3 Å². The predicted molar refractivity (Wildman–Crippen MR) is 120 cm³/mol. The summed E-state index contributed by atoms with van der Waals surface area (Å²) in [7, 11) is 0. The van der Waals surface area contributed by atoms with Crippen LogP contribution in [0.25, 0.3) is 6.08 Å². The highest BCUT2D eigenvalue weighted by Crippen LogP contribution is 2.23. The Bertz CT molecular complexity index is 1210. The lowest BCUT2D eigenvalue weighted by atomic mass is 10.1. The molecule has 0 spiro atoms. The molecular weight excluding hydrogens is 425 g/mol. The van der Waals surface area contributed by atoms with Gasteiger partial charge in [-0.05, 0) is 42.0 Å². The Balaban J connectivity index is 1.44. The number of para-hydroxylation sites is 2.